The molecule has 0 fully saturated rings. The maximum atomic E-state index is 10.7. The molecule has 0 saturated carbocycles. The van der Waals surface area contributed by atoms with Crippen LogP contribution in [0, 0.1) is 0 Å². The van der Waals surface area contributed by atoms with Gasteiger partial charge in [0.25, 0.3) is 0 Å². The predicted octanol–water partition coefficient (Wildman–Crippen LogP) is -3.22. The monoisotopic (exact) mass is 313 g/mol. The third-order valence-corrected chi connectivity index (χ3v) is 3.12. The first-order valence-electron chi connectivity index (χ1n) is 4.94. The summed E-state index contributed by atoms with van der Waals surface area (Å²) >= 11 is 5.41. The molecule has 0 spiro atoms. The molecule has 0 aromatic heterocycles. The Bertz CT molecular complexity index is 277. The smallest absolute Gasteiger partial charge is 0.735 e. The zero-order valence-corrected chi connectivity index (χ0v) is 14.8. The summed E-state index contributed by atoms with van der Waals surface area (Å²) in [5, 5.41) is 9.41. The van der Waals surface area contributed by atoms with Gasteiger partial charge in [0.1, 0.15) is 0 Å². The van der Waals surface area contributed by atoms with Gasteiger partial charge in [-0.15, -0.1) is 11.6 Å². The van der Waals surface area contributed by atoms with E-state index in [4.69, 9.17) is 16.3 Å². The summed E-state index contributed by atoms with van der Waals surface area (Å²) in [6.07, 6.45) is -0.343. The minimum Gasteiger partial charge on any atom is -0.735 e. The molecule has 6 nitrogen and oxygen atoms in total. The number of hydrogen-bond acceptors (Lipinski definition) is 5. The van der Waals surface area contributed by atoms with E-state index in [2.05, 4.69) is 0 Å². The zero-order chi connectivity index (χ0) is 12.6. The molecule has 0 bridgehead atoms. The fourth-order valence-electron chi connectivity index (χ4n) is 1.04. The Balaban J connectivity index is 0. The van der Waals surface area contributed by atoms with E-state index in [0.29, 0.717) is 23.2 Å². The summed E-state index contributed by atoms with van der Waals surface area (Å²) in [7, 11) is -4.50. The van der Waals surface area contributed by atoms with Crippen LogP contribution in [0.25, 0.3) is 0 Å². The molecule has 9 heteroatoms. The van der Waals surface area contributed by atoms with E-state index in [9.17, 15) is 18.1 Å². The Morgan fingerprint density at radius 2 is 2.12 bits per heavy atom. The quantitative estimate of drug-likeness (QED) is 0.209. The first-order chi connectivity index (χ1) is 7.41. The van der Waals surface area contributed by atoms with Crippen LogP contribution in [0.3, 0.4) is 0 Å². The van der Waals surface area contributed by atoms with Gasteiger partial charge in [0.2, 0.25) is 0 Å². The van der Waals surface area contributed by atoms with Gasteiger partial charge in [-0.25, -0.2) is 12.7 Å². The Morgan fingerprint density at radius 1 is 1.53 bits per heavy atom. The molecule has 0 aromatic carbocycles. The minimum atomic E-state index is -4.50. The number of likely N-dealkylation sites (N-methyl/N-ethyl adjacent to an activating group) is 1. The number of rotatable bonds is 9. The van der Waals surface area contributed by atoms with E-state index in [0.717, 1.165) is 0 Å². The van der Waals surface area contributed by atoms with Crippen molar-refractivity contribution in [2.24, 2.45) is 0 Å². The van der Waals surface area contributed by atoms with Crippen molar-refractivity contribution in [1.29, 1.82) is 0 Å². The van der Waals surface area contributed by atoms with Crippen LogP contribution in [-0.2, 0) is 15.0 Å². The minimum absolute atomic E-state index is 0. The summed E-state index contributed by atoms with van der Waals surface area (Å²) in [6, 6.07) is 0. The average Bonchev–Trinajstić information content (AvgIpc) is 2.19. The van der Waals surface area contributed by atoms with Crippen LogP contribution < -0.4 is 51.4 Å². The van der Waals surface area contributed by atoms with Crippen LogP contribution in [0.4, 0.5) is 0 Å². The van der Waals surface area contributed by atoms with E-state index in [1.54, 1.807) is 0 Å². The second-order valence-electron chi connectivity index (χ2n) is 3.18. The maximum absolute atomic E-state index is 10.7. The topological polar surface area (TPSA) is 89.9 Å². The molecule has 0 radical (unpaired) electrons. The van der Waals surface area contributed by atoms with Crippen LogP contribution in [0.15, 0.2) is 0 Å². The zero-order valence-electron chi connectivity index (χ0n) is 10.1. The second kappa shape index (κ2) is 11.5. The third-order valence-electron chi connectivity index (χ3n) is 1.82. The number of hydrogen-bond donors (Lipinski definition) is 1. The standard InChI is InChI=1S/C8H18ClNO5S.K/c1-2-10(16(12,13)14)6-8(11)7-15-5-3-4-9;/h8,11H,2-7H2,1H3,(H,12,13,14);/q;+1/p-1. The average molecular weight is 314 g/mol. The van der Waals surface area contributed by atoms with Crippen molar-refractivity contribution in [3.63, 3.8) is 0 Å². The van der Waals surface area contributed by atoms with E-state index >= 15 is 0 Å². The van der Waals surface area contributed by atoms with Crippen LogP contribution in [0.2, 0.25) is 0 Å². The molecule has 0 amide bonds. The number of nitrogens with zero attached hydrogens (tertiary/aromatic N) is 1. The normalized spacial score (nSPS) is 13.5. The number of halogens is 1. The van der Waals surface area contributed by atoms with Crippen LogP contribution in [0.1, 0.15) is 13.3 Å². The molecule has 17 heavy (non-hydrogen) atoms. The second-order valence-corrected chi connectivity index (χ2v) is 4.93. The summed E-state index contributed by atoms with van der Waals surface area (Å²) in [5.41, 5.74) is 0. The molecule has 0 heterocycles. The molecule has 1 atom stereocenters. The van der Waals surface area contributed by atoms with Gasteiger partial charge in [-0.3, -0.25) is 0 Å². The summed E-state index contributed by atoms with van der Waals surface area (Å²) < 4.78 is 37.7. The molecule has 0 aliphatic carbocycles. The summed E-state index contributed by atoms with van der Waals surface area (Å²) in [5.74, 6) is 0.464. The fourth-order valence-corrected chi connectivity index (χ4v) is 1.82. The number of ether oxygens (including phenoxy) is 1. The van der Waals surface area contributed by atoms with Gasteiger partial charge in [-0.2, -0.15) is 0 Å². The first kappa shape index (κ1) is 21.0. The number of aliphatic hydroxyl groups excluding tert-OH is 1. The Morgan fingerprint density at radius 3 is 2.53 bits per heavy atom. The predicted molar refractivity (Wildman–Crippen MR) is 59.1 cm³/mol. The fraction of sp³-hybridized carbons (Fsp3) is 1.00. The SMILES string of the molecule is CCN(CC(O)COCCCCl)S(=O)(=O)[O-].[K+]. The van der Waals surface area contributed by atoms with Gasteiger partial charge in [-0.05, 0) is 6.42 Å². The number of alkyl halides is 1. The first-order valence-corrected chi connectivity index (χ1v) is 6.84. The van der Waals surface area contributed by atoms with Gasteiger partial charge < -0.3 is 14.4 Å². The molecule has 0 aromatic rings. The molecule has 0 rings (SSSR count). The number of aliphatic hydroxyl groups is 1. The molecule has 1 unspecified atom stereocenters. The molecule has 98 valence electrons. The molecule has 0 aliphatic rings. The van der Waals surface area contributed by atoms with Gasteiger partial charge in [0.15, 0.2) is 10.3 Å². The summed E-state index contributed by atoms with van der Waals surface area (Å²) in [6.45, 7) is 1.70. The van der Waals surface area contributed by atoms with E-state index in [-0.39, 0.29) is 71.1 Å². The van der Waals surface area contributed by atoms with E-state index < -0.39 is 16.4 Å². The molecule has 1 N–H and O–H groups in total. The maximum Gasteiger partial charge on any atom is 1.00 e. The third kappa shape index (κ3) is 11.3. The van der Waals surface area contributed by atoms with Crippen molar-refractivity contribution >= 4 is 21.9 Å². The summed E-state index contributed by atoms with van der Waals surface area (Å²) in [4.78, 5) is 0. The molecule has 0 aliphatic heterocycles. The van der Waals surface area contributed by atoms with Crippen molar-refractivity contribution in [2.75, 3.05) is 32.2 Å². The van der Waals surface area contributed by atoms with Gasteiger partial charge in [0, 0.05) is 25.6 Å². The van der Waals surface area contributed by atoms with Crippen molar-refractivity contribution in [3.8, 4) is 0 Å². The van der Waals surface area contributed by atoms with Crippen molar-refractivity contribution < 1.29 is 74.2 Å². The van der Waals surface area contributed by atoms with Crippen LogP contribution >= 0.6 is 11.6 Å². The Kier molecular flexibility index (Phi) is 14.3. The van der Waals surface area contributed by atoms with Crippen LogP contribution in [0.5, 0.6) is 0 Å². The van der Waals surface area contributed by atoms with Gasteiger partial charge >= 0.3 is 51.4 Å². The largest absolute Gasteiger partial charge is 1.00 e. The molecular weight excluding hydrogens is 297 g/mol. The Hall–Kier alpha value is 1.72. The van der Waals surface area contributed by atoms with Crippen molar-refractivity contribution in [3.05, 3.63) is 0 Å². The van der Waals surface area contributed by atoms with Crippen molar-refractivity contribution in [2.45, 2.75) is 19.4 Å². The molecular formula is C8H17ClKNO5S. The van der Waals surface area contributed by atoms with Crippen molar-refractivity contribution in [1.82, 2.24) is 4.31 Å². The van der Waals surface area contributed by atoms with E-state index in [1.807, 2.05) is 0 Å². The van der Waals surface area contributed by atoms with E-state index in [1.165, 1.54) is 6.92 Å². The van der Waals surface area contributed by atoms with Gasteiger partial charge in [0.05, 0.1) is 12.7 Å². The van der Waals surface area contributed by atoms with Gasteiger partial charge in [-0.1, -0.05) is 6.92 Å². The molecule has 0 saturated heterocycles. The van der Waals surface area contributed by atoms with Crippen LogP contribution in [-0.4, -0.2) is 60.7 Å². The Labute approximate surface area is 150 Å².